The molecule has 0 spiro atoms. The van der Waals surface area contributed by atoms with Crippen molar-refractivity contribution >= 4 is 0 Å². The summed E-state index contributed by atoms with van der Waals surface area (Å²) in [6.07, 6.45) is 2.94. The van der Waals surface area contributed by atoms with E-state index in [2.05, 4.69) is 10.2 Å². The molecule has 0 aromatic heterocycles. The van der Waals surface area contributed by atoms with Crippen LogP contribution < -0.4 is 5.32 Å². The summed E-state index contributed by atoms with van der Waals surface area (Å²) in [6, 6.07) is 0.840. The predicted molar refractivity (Wildman–Crippen MR) is 44.4 cm³/mol. The van der Waals surface area contributed by atoms with E-state index in [1.807, 2.05) is 0 Å². The Bertz CT molecular complexity index is 155. The molecule has 1 aliphatic carbocycles. The van der Waals surface area contributed by atoms with Crippen molar-refractivity contribution in [2.45, 2.75) is 18.9 Å². The minimum atomic E-state index is 0.840. The van der Waals surface area contributed by atoms with Crippen molar-refractivity contribution in [2.75, 3.05) is 26.2 Å². The van der Waals surface area contributed by atoms with Gasteiger partial charge in [-0.1, -0.05) is 0 Å². The van der Waals surface area contributed by atoms with E-state index in [4.69, 9.17) is 0 Å². The minimum Gasteiger partial charge on any atom is -0.313 e. The Morgan fingerprint density at radius 3 is 2.55 bits per heavy atom. The molecule has 3 unspecified atom stereocenters. The van der Waals surface area contributed by atoms with Gasteiger partial charge in [0.15, 0.2) is 0 Å². The summed E-state index contributed by atoms with van der Waals surface area (Å²) in [7, 11) is 0. The molecule has 2 aliphatic heterocycles. The van der Waals surface area contributed by atoms with Crippen LogP contribution in [-0.4, -0.2) is 37.1 Å². The summed E-state index contributed by atoms with van der Waals surface area (Å²) in [5.41, 5.74) is 0. The molecule has 3 atom stereocenters. The highest BCUT2D eigenvalue weighted by molar-refractivity contribution is 4.98. The van der Waals surface area contributed by atoms with E-state index in [0.29, 0.717) is 0 Å². The van der Waals surface area contributed by atoms with E-state index in [-0.39, 0.29) is 0 Å². The molecule has 62 valence electrons. The maximum absolute atomic E-state index is 3.46. The molecular weight excluding hydrogens is 136 g/mol. The largest absolute Gasteiger partial charge is 0.313 e. The van der Waals surface area contributed by atoms with Crippen LogP contribution in [0.2, 0.25) is 0 Å². The molecular formula is C9H16N2. The highest BCUT2D eigenvalue weighted by Gasteiger charge is 2.45. The fourth-order valence-corrected chi connectivity index (χ4v) is 2.46. The lowest BCUT2D eigenvalue weighted by atomic mass is 10.1. The van der Waals surface area contributed by atoms with Crippen LogP contribution in [0, 0.1) is 11.8 Å². The molecule has 0 amide bonds. The van der Waals surface area contributed by atoms with Crippen LogP contribution in [0.1, 0.15) is 12.8 Å². The first kappa shape index (κ1) is 6.44. The van der Waals surface area contributed by atoms with E-state index in [1.54, 1.807) is 0 Å². The SMILES string of the molecule is C1CC(CN2CC3CC3C2)N1. The lowest BCUT2D eigenvalue weighted by Gasteiger charge is -2.32. The first-order valence-corrected chi connectivity index (χ1v) is 4.87. The molecule has 2 heteroatoms. The number of rotatable bonds is 2. The average Bonchev–Trinajstić information content (AvgIpc) is 2.51. The van der Waals surface area contributed by atoms with Crippen LogP contribution in [0.5, 0.6) is 0 Å². The zero-order valence-electron chi connectivity index (χ0n) is 6.92. The third-order valence-electron chi connectivity index (χ3n) is 3.46. The Morgan fingerprint density at radius 1 is 1.27 bits per heavy atom. The molecule has 0 radical (unpaired) electrons. The molecule has 3 rings (SSSR count). The van der Waals surface area contributed by atoms with Crippen LogP contribution in [0.3, 0.4) is 0 Å². The normalized spacial score (nSPS) is 48.5. The van der Waals surface area contributed by atoms with Crippen molar-refractivity contribution in [1.82, 2.24) is 10.2 Å². The maximum Gasteiger partial charge on any atom is 0.0207 e. The molecule has 1 N–H and O–H groups in total. The van der Waals surface area contributed by atoms with Crippen LogP contribution in [0.4, 0.5) is 0 Å². The first-order valence-electron chi connectivity index (χ1n) is 4.87. The number of piperidine rings is 1. The van der Waals surface area contributed by atoms with Gasteiger partial charge in [-0.2, -0.15) is 0 Å². The van der Waals surface area contributed by atoms with E-state index in [0.717, 1.165) is 17.9 Å². The number of fused-ring (bicyclic) bond motifs is 1. The molecule has 2 heterocycles. The number of nitrogens with zero attached hydrogens (tertiary/aromatic N) is 1. The molecule has 0 aromatic carbocycles. The monoisotopic (exact) mass is 152 g/mol. The van der Waals surface area contributed by atoms with Crippen molar-refractivity contribution < 1.29 is 0 Å². The van der Waals surface area contributed by atoms with E-state index in [1.165, 1.54) is 39.0 Å². The van der Waals surface area contributed by atoms with Gasteiger partial charge in [-0.3, -0.25) is 0 Å². The zero-order valence-corrected chi connectivity index (χ0v) is 6.92. The predicted octanol–water partition coefficient (Wildman–Crippen LogP) is 0.300. The topological polar surface area (TPSA) is 15.3 Å². The fourth-order valence-electron chi connectivity index (χ4n) is 2.46. The van der Waals surface area contributed by atoms with Gasteiger partial charge in [-0.25, -0.2) is 0 Å². The Hall–Kier alpha value is -0.0800. The van der Waals surface area contributed by atoms with Gasteiger partial charge in [-0.05, 0) is 31.2 Å². The van der Waals surface area contributed by atoms with E-state index in [9.17, 15) is 0 Å². The van der Waals surface area contributed by atoms with Gasteiger partial charge in [0.25, 0.3) is 0 Å². The fraction of sp³-hybridized carbons (Fsp3) is 1.00. The number of hydrogen-bond donors (Lipinski definition) is 1. The van der Waals surface area contributed by atoms with Crippen LogP contribution in [-0.2, 0) is 0 Å². The van der Waals surface area contributed by atoms with Gasteiger partial charge in [0, 0.05) is 25.7 Å². The van der Waals surface area contributed by atoms with Gasteiger partial charge in [0.2, 0.25) is 0 Å². The first-order chi connectivity index (χ1) is 5.42. The lowest BCUT2D eigenvalue weighted by molar-refractivity contribution is 0.225. The molecule has 1 saturated carbocycles. The quantitative estimate of drug-likeness (QED) is 0.612. The van der Waals surface area contributed by atoms with Crippen LogP contribution >= 0.6 is 0 Å². The molecule has 2 saturated heterocycles. The van der Waals surface area contributed by atoms with Gasteiger partial charge in [0.1, 0.15) is 0 Å². The van der Waals surface area contributed by atoms with Crippen molar-refractivity contribution in [2.24, 2.45) is 11.8 Å². The third kappa shape index (κ3) is 1.09. The second-order valence-electron chi connectivity index (χ2n) is 4.41. The van der Waals surface area contributed by atoms with Crippen molar-refractivity contribution in [1.29, 1.82) is 0 Å². The smallest absolute Gasteiger partial charge is 0.0207 e. The Kier molecular flexibility index (Phi) is 1.29. The molecule has 0 aromatic rings. The number of nitrogens with one attached hydrogen (secondary N) is 1. The number of likely N-dealkylation sites (tertiary alicyclic amines) is 1. The summed E-state index contributed by atoms with van der Waals surface area (Å²) >= 11 is 0. The van der Waals surface area contributed by atoms with Gasteiger partial charge in [-0.15, -0.1) is 0 Å². The standard InChI is InChI=1S/C9H16N2/c1-2-10-9(1)6-11-4-7-3-8(7)5-11/h7-10H,1-6H2. The second-order valence-corrected chi connectivity index (χ2v) is 4.41. The van der Waals surface area contributed by atoms with Crippen LogP contribution in [0.25, 0.3) is 0 Å². The number of hydrogen-bond acceptors (Lipinski definition) is 2. The van der Waals surface area contributed by atoms with E-state index >= 15 is 0 Å². The van der Waals surface area contributed by atoms with Crippen molar-refractivity contribution in [3.63, 3.8) is 0 Å². The van der Waals surface area contributed by atoms with Crippen molar-refractivity contribution in [3.8, 4) is 0 Å². The van der Waals surface area contributed by atoms with E-state index < -0.39 is 0 Å². The molecule has 0 bridgehead atoms. The summed E-state index contributed by atoms with van der Waals surface area (Å²) in [5.74, 6) is 2.21. The van der Waals surface area contributed by atoms with Gasteiger partial charge >= 0.3 is 0 Å². The van der Waals surface area contributed by atoms with Gasteiger partial charge < -0.3 is 10.2 Å². The minimum absolute atomic E-state index is 0.840. The zero-order chi connectivity index (χ0) is 7.26. The Balaban J connectivity index is 1.49. The highest BCUT2D eigenvalue weighted by Crippen LogP contribution is 2.44. The molecule has 2 nitrogen and oxygen atoms in total. The summed E-state index contributed by atoms with van der Waals surface area (Å²) in [5, 5.41) is 3.46. The molecule has 11 heavy (non-hydrogen) atoms. The van der Waals surface area contributed by atoms with Gasteiger partial charge in [0.05, 0.1) is 0 Å². The summed E-state index contributed by atoms with van der Waals surface area (Å²) in [4.78, 5) is 2.65. The third-order valence-corrected chi connectivity index (χ3v) is 3.46. The summed E-state index contributed by atoms with van der Waals surface area (Å²) < 4.78 is 0. The highest BCUT2D eigenvalue weighted by atomic mass is 15.2. The van der Waals surface area contributed by atoms with Crippen LogP contribution in [0.15, 0.2) is 0 Å². The van der Waals surface area contributed by atoms with Crippen molar-refractivity contribution in [3.05, 3.63) is 0 Å². The lowest BCUT2D eigenvalue weighted by Crippen LogP contribution is -2.50. The maximum atomic E-state index is 3.46. The summed E-state index contributed by atoms with van der Waals surface area (Å²) in [6.45, 7) is 5.39. The Labute approximate surface area is 68.0 Å². The Morgan fingerprint density at radius 2 is 2.00 bits per heavy atom. The molecule has 3 aliphatic rings. The molecule has 3 fully saturated rings. The second kappa shape index (κ2) is 2.20. The average molecular weight is 152 g/mol.